The zero-order valence-electron chi connectivity index (χ0n) is 6.49. The summed E-state index contributed by atoms with van der Waals surface area (Å²) in [5, 5.41) is 2.49. The van der Waals surface area contributed by atoms with Crippen molar-refractivity contribution in [2.75, 3.05) is 0 Å². The van der Waals surface area contributed by atoms with Gasteiger partial charge in [-0.3, -0.25) is 9.59 Å². The molecule has 6 heteroatoms. The smallest absolute Gasteiger partial charge is 0.242 e. The Morgan fingerprint density at radius 3 is 1.58 bits per heavy atom. The van der Waals surface area contributed by atoms with Crippen molar-refractivity contribution in [3.05, 3.63) is 24.6 Å². The molecule has 0 saturated heterocycles. The lowest BCUT2D eigenvalue weighted by Crippen LogP contribution is -2.09. The van der Waals surface area contributed by atoms with E-state index in [4.69, 9.17) is 11.5 Å². The van der Waals surface area contributed by atoms with Gasteiger partial charge in [0.05, 0.1) is 0 Å². The Bertz CT molecular complexity index is 188. The third kappa shape index (κ3) is 11.0. The Morgan fingerprint density at radius 2 is 1.33 bits per heavy atom. The first kappa shape index (κ1) is 12.8. The van der Waals surface area contributed by atoms with Crippen LogP contribution in [-0.2, 0) is 9.59 Å². The van der Waals surface area contributed by atoms with E-state index in [0.29, 0.717) is 0 Å². The quantitative estimate of drug-likeness (QED) is 0.393. The SMILES string of the molecule is N.NC(=O)C=CNC=CC(N)=O. The highest BCUT2D eigenvalue weighted by molar-refractivity contribution is 5.86. The van der Waals surface area contributed by atoms with Gasteiger partial charge in [-0.2, -0.15) is 0 Å². The second kappa shape index (κ2) is 7.29. The summed E-state index contributed by atoms with van der Waals surface area (Å²) in [7, 11) is 0. The molecule has 2 amide bonds. The third-order valence-electron chi connectivity index (χ3n) is 0.688. The van der Waals surface area contributed by atoms with Crippen molar-refractivity contribution < 1.29 is 9.59 Å². The molecular weight excluding hydrogens is 160 g/mol. The molecule has 6 nitrogen and oxygen atoms in total. The van der Waals surface area contributed by atoms with Gasteiger partial charge in [0.2, 0.25) is 11.8 Å². The summed E-state index contributed by atoms with van der Waals surface area (Å²) in [6, 6.07) is 0. The normalized spacial score (nSPS) is 9.67. The van der Waals surface area contributed by atoms with Gasteiger partial charge in [0.1, 0.15) is 0 Å². The number of amides is 2. The fourth-order valence-electron chi connectivity index (χ4n) is 0.316. The van der Waals surface area contributed by atoms with Crippen molar-refractivity contribution in [2.45, 2.75) is 0 Å². The average molecular weight is 172 g/mol. The first-order valence-electron chi connectivity index (χ1n) is 2.81. The zero-order chi connectivity index (χ0) is 8.69. The molecule has 0 aromatic carbocycles. The number of rotatable bonds is 4. The van der Waals surface area contributed by atoms with Crippen LogP contribution < -0.4 is 22.9 Å². The molecule has 0 heterocycles. The van der Waals surface area contributed by atoms with E-state index in [1.807, 2.05) is 0 Å². The molecule has 0 aliphatic rings. The van der Waals surface area contributed by atoms with Crippen molar-refractivity contribution in [1.82, 2.24) is 11.5 Å². The molecule has 0 saturated carbocycles. The Labute approximate surface area is 69.9 Å². The fraction of sp³-hybridized carbons (Fsp3) is 0. The summed E-state index contributed by atoms with van der Waals surface area (Å²) in [5.74, 6) is -1.13. The lowest BCUT2D eigenvalue weighted by Gasteiger charge is -1.85. The lowest BCUT2D eigenvalue weighted by molar-refractivity contribution is -0.114. The highest BCUT2D eigenvalue weighted by Gasteiger charge is 1.80. The zero-order valence-corrected chi connectivity index (χ0v) is 6.49. The van der Waals surface area contributed by atoms with E-state index in [2.05, 4.69) is 5.32 Å². The van der Waals surface area contributed by atoms with Gasteiger partial charge in [0.25, 0.3) is 0 Å². The molecule has 0 aromatic rings. The molecule has 0 aliphatic carbocycles. The molecule has 0 fully saturated rings. The molecule has 0 radical (unpaired) electrons. The topological polar surface area (TPSA) is 133 Å². The van der Waals surface area contributed by atoms with Gasteiger partial charge in [0, 0.05) is 24.6 Å². The van der Waals surface area contributed by atoms with Crippen LogP contribution >= 0.6 is 0 Å². The highest BCUT2D eigenvalue weighted by Crippen LogP contribution is 1.67. The van der Waals surface area contributed by atoms with Gasteiger partial charge in [-0.15, -0.1) is 0 Å². The first-order chi connectivity index (χ1) is 5.13. The molecule has 0 rings (SSSR count). The maximum atomic E-state index is 10.1. The summed E-state index contributed by atoms with van der Waals surface area (Å²) < 4.78 is 0. The Morgan fingerprint density at radius 1 is 1.00 bits per heavy atom. The van der Waals surface area contributed by atoms with Crippen LogP contribution in [0.3, 0.4) is 0 Å². The van der Waals surface area contributed by atoms with Gasteiger partial charge in [-0.1, -0.05) is 0 Å². The van der Waals surface area contributed by atoms with Crippen molar-refractivity contribution >= 4 is 11.8 Å². The summed E-state index contributed by atoms with van der Waals surface area (Å²) in [5.41, 5.74) is 9.51. The van der Waals surface area contributed by atoms with Crippen LogP contribution in [-0.4, -0.2) is 11.8 Å². The molecule has 0 atom stereocenters. The van der Waals surface area contributed by atoms with Crippen molar-refractivity contribution in [3.8, 4) is 0 Å². The monoisotopic (exact) mass is 172 g/mol. The van der Waals surface area contributed by atoms with Gasteiger partial charge in [-0.25, -0.2) is 0 Å². The predicted octanol–water partition coefficient (Wildman–Crippen LogP) is -1.26. The van der Waals surface area contributed by atoms with Gasteiger partial charge >= 0.3 is 0 Å². The second-order valence-electron chi connectivity index (χ2n) is 1.64. The number of nitrogens with two attached hydrogens (primary N) is 2. The fourth-order valence-corrected chi connectivity index (χ4v) is 0.316. The van der Waals surface area contributed by atoms with E-state index in [1.54, 1.807) is 0 Å². The summed E-state index contributed by atoms with van der Waals surface area (Å²) >= 11 is 0. The van der Waals surface area contributed by atoms with E-state index < -0.39 is 11.8 Å². The number of primary amides is 2. The second-order valence-corrected chi connectivity index (χ2v) is 1.64. The average Bonchev–Trinajstić information content (AvgIpc) is 1.85. The van der Waals surface area contributed by atoms with Crippen molar-refractivity contribution in [2.24, 2.45) is 11.5 Å². The van der Waals surface area contributed by atoms with Gasteiger partial charge in [-0.05, 0) is 0 Å². The highest BCUT2D eigenvalue weighted by atomic mass is 16.1. The lowest BCUT2D eigenvalue weighted by atomic mass is 10.5. The van der Waals surface area contributed by atoms with Crippen LogP contribution in [0.5, 0.6) is 0 Å². The molecule has 8 N–H and O–H groups in total. The van der Waals surface area contributed by atoms with Crippen LogP contribution in [0.2, 0.25) is 0 Å². The Kier molecular flexibility index (Phi) is 7.79. The maximum Gasteiger partial charge on any atom is 0.242 e. The van der Waals surface area contributed by atoms with Crippen LogP contribution in [0.25, 0.3) is 0 Å². The van der Waals surface area contributed by atoms with Crippen LogP contribution in [0.1, 0.15) is 0 Å². The number of nitrogens with one attached hydrogen (secondary N) is 1. The summed E-state index contributed by atoms with van der Waals surface area (Å²) in [6.07, 6.45) is 4.82. The maximum absolute atomic E-state index is 10.1. The number of carbonyl (C=O) groups excluding carboxylic acids is 2. The predicted molar refractivity (Wildman–Crippen MR) is 44.8 cm³/mol. The summed E-state index contributed by atoms with van der Waals surface area (Å²) in [4.78, 5) is 20.2. The van der Waals surface area contributed by atoms with Crippen LogP contribution in [0.4, 0.5) is 0 Å². The van der Waals surface area contributed by atoms with Gasteiger partial charge in [0.15, 0.2) is 0 Å². The Balaban J connectivity index is 0. The molecule has 0 spiro atoms. The molecule has 12 heavy (non-hydrogen) atoms. The number of hydrogen-bond donors (Lipinski definition) is 4. The van der Waals surface area contributed by atoms with E-state index in [1.165, 1.54) is 12.4 Å². The molecule has 0 aliphatic heterocycles. The summed E-state index contributed by atoms with van der Waals surface area (Å²) in [6.45, 7) is 0. The van der Waals surface area contributed by atoms with E-state index in [9.17, 15) is 9.59 Å². The van der Waals surface area contributed by atoms with E-state index in [0.717, 1.165) is 12.2 Å². The minimum absolute atomic E-state index is 0. The standard InChI is InChI=1S/C6H9N3O2.H3N/c7-5(10)1-3-9-4-2-6(8)11;/h1-4,9H,(H2,7,10)(H2,8,11);1H3. The largest absolute Gasteiger partial charge is 0.367 e. The third-order valence-corrected chi connectivity index (χ3v) is 0.688. The molecule has 68 valence electrons. The Hall–Kier alpha value is -1.82. The van der Waals surface area contributed by atoms with E-state index in [-0.39, 0.29) is 6.15 Å². The number of hydrogen-bond acceptors (Lipinski definition) is 4. The van der Waals surface area contributed by atoms with Crippen LogP contribution in [0.15, 0.2) is 24.6 Å². The minimum Gasteiger partial charge on any atom is -0.367 e. The first-order valence-corrected chi connectivity index (χ1v) is 2.81. The number of carbonyl (C=O) groups is 2. The molecule has 0 aromatic heterocycles. The van der Waals surface area contributed by atoms with Crippen molar-refractivity contribution in [3.63, 3.8) is 0 Å². The minimum atomic E-state index is -0.565. The van der Waals surface area contributed by atoms with Crippen LogP contribution in [0, 0.1) is 0 Å². The van der Waals surface area contributed by atoms with E-state index >= 15 is 0 Å². The van der Waals surface area contributed by atoms with Crippen molar-refractivity contribution in [1.29, 1.82) is 0 Å². The molecule has 0 bridgehead atoms. The molecular formula is C6H12N4O2. The van der Waals surface area contributed by atoms with Gasteiger partial charge < -0.3 is 22.9 Å². The molecule has 0 unspecified atom stereocenters.